The quantitative estimate of drug-likeness (QED) is 0.471. The second kappa shape index (κ2) is 7.65. The average molecular weight is 419 g/mol. The Morgan fingerprint density at radius 3 is 2.80 bits per heavy atom. The summed E-state index contributed by atoms with van der Waals surface area (Å²) in [5, 5.41) is 10.5. The number of pyridine rings is 1. The third kappa shape index (κ3) is 3.29. The lowest BCUT2D eigenvalue weighted by molar-refractivity contribution is -0.129. The highest BCUT2D eigenvalue weighted by molar-refractivity contribution is 7.99. The van der Waals surface area contributed by atoms with Crippen molar-refractivity contribution in [2.75, 3.05) is 19.4 Å². The fourth-order valence-electron chi connectivity index (χ4n) is 4.05. The number of ether oxygens (including phenoxy) is 1. The van der Waals surface area contributed by atoms with Crippen molar-refractivity contribution in [1.29, 1.82) is 0 Å². The monoisotopic (exact) mass is 418 g/mol. The number of rotatable bonds is 4. The third-order valence-electron chi connectivity index (χ3n) is 5.68. The van der Waals surface area contributed by atoms with Crippen LogP contribution in [-0.2, 0) is 17.8 Å². The number of carbonyl (C=O) groups is 1. The molecule has 152 valence electrons. The first-order valence-electron chi connectivity index (χ1n) is 9.94. The van der Waals surface area contributed by atoms with Crippen molar-refractivity contribution in [1.82, 2.24) is 19.5 Å². The Kier molecular flexibility index (Phi) is 4.83. The van der Waals surface area contributed by atoms with E-state index in [1.165, 1.54) is 22.9 Å². The summed E-state index contributed by atoms with van der Waals surface area (Å²) in [4.78, 5) is 14.8. The van der Waals surface area contributed by atoms with Gasteiger partial charge in [0.2, 0.25) is 5.91 Å². The highest BCUT2D eigenvalue weighted by Gasteiger charge is 2.21. The lowest BCUT2D eigenvalue weighted by Gasteiger charge is -2.28. The molecule has 1 aliphatic rings. The maximum Gasteiger partial charge on any atom is 0.233 e. The Bertz CT molecular complexity index is 1270. The van der Waals surface area contributed by atoms with Crippen LogP contribution in [0.25, 0.3) is 16.6 Å². The molecule has 0 saturated heterocycles. The van der Waals surface area contributed by atoms with Gasteiger partial charge in [-0.15, -0.1) is 10.2 Å². The number of fused-ring (bicyclic) bond motifs is 4. The number of benzene rings is 2. The molecule has 1 amide bonds. The lowest BCUT2D eigenvalue weighted by Crippen LogP contribution is -2.37. The number of hydrogen-bond donors (Lipinski definition) is 0. The number of nitrogens with zero attached hydrogens (tertiary/aromatic N) is 4. The Hall–Kier alpha value is -3.06. The zero-order chi connectivity index (χ0) is 20.7. The SMILES string of the molecule is COc1ccc2c(C)cc3nnc(SCC(=O)N4CCc5ccccc5C4)n3c2c1. The standard InChI is InChI=1S/C23H22N4O2S/c1-15-11-21-24-25-23(27(21)20-12-18(29-2)7-8-19(15)20)30-14-22(28)26-10-9-16-5-3-4-6-17(16)13-26/h3-8,11-12H,9-10,13-14H2,1-2H3. The topological polar surface area (TPSA) is 59.7 Å². The Labute approximate surface area is 178 Å². The summed E-state index contributed by atoms with van der Waals surface area (Å²) < 4.78 is 7.42. The van der Waals surface area contributed by atoms with Gasteiger partial charge in [0.15, 0.2) is 10.8 Å². The molecule has 5 rings (SSSR count). The van der Waals surface area contributed by atoms with Crippen LogP contribution >= 0.6 is 11.8 Å². The van der Waals surface area contributed by atoms with Gasteiger partial charge in [0, 0.05) is 24.5 Å². The number of aromatic nitrogens is 3. The molecular formula is C23H22N4O2S. The van der Waals surface area contributed by atoms with Gasteiger partial charge in [0.1, 0.15) is 5.75 Å². The molecule has 0 saturated carbocycles. The van der Waals surface area contributed by atoms with Gasteiger partial charge in [0.25, 0.3) is 0 Å². The maximum atomic E-state index is 12.9. The first kappa shape index (κ1) is 18.9. The minimum atomic E-state index is 0.125. The van der Waals surface area contributed by atoms with Gasteiger partial charge in [-0.1, -0.05) is 36.0 Å². The number of hydrogen-bond acceptors (Lipinski definition) is 5. The molecule has 0 fully saturated rings. The summed E-state index contributed by atoms with van der Waals surface area (Å²) >= 11 is 1.43. The van der Waals surface area contributed by atoms with E-state index in [-0.39, 0.29) is 5.91 Å². The highest BCUT2D eigenvalue weighted by atomic mass is 32.2. The van der Waals surface area contributed by atoms with Crippen LogP contribution < -0.4 is 4.74 Å². The Morgan fingerprint density at radius 1 is 1.13 bits per heavy atom. The maximum absolute atomic E-state index is 12.9. The van der Waals surface area contributed by atoms with Gasteiger partial charge >= 0.3 is 0 Å². The van der Waals surface area contributed by atoms with Crippen molar-refractivity contribution >= 4 is 34.2 Å². The van der Waals surface area contributed by atoms with E-state index in [9.17, 15) is 4.79 Å². The largest absolute Gasteiger partial charge is 0.497 e. The first-order valence-corrected chi connectivity index (χ1v) is 10.9. The van der Waals surface area contributed by atoms with Crippen LogP contribution in [0.3, 0.4) is 0 Å². The van der Waals surface area contributed by atoms with E-state index in [1.54, 1.807) is 7.11 Å². The fraction of sp³-hybridized carbons (Fsp3) is 0.261. The van der Waals surface area contributed by atoms with Crippen molar-refractivity contribution in [3.63, 3.8) is 0 Å². The van der Waals surface area contributed by atoms with Gasteiger partial charge < -0.3 is 9.64 Å². The summed E-state index contributed by atoms with van der Waals surface area (Å²) in [7, 11) is 1.66. The molecule has 2 aromatic carbocycles. The molecule has 6 nitrogen and oxygen atoms in total. The van der Waals surface area contributed by atoms with Crippen LogP contribution in [0.4, 0.5) is 0 Å². The van der Waals surface area contributed by atoms with Crippen molar-refractivity contribution < 1.29 is 9.53 Å². The van der Waals surface area contributed by atoms with E-state index < -0.39 is 0 Å². The van der Waals surface area contributed by atoms with E-state index in [2.05, 4.69) is 35.3 Å². The smallest absolute Gasteiger partial charge is 0.233 e. The normalized spacial score (nSPS) is 13.6. The summed E-state index contributed by atoms with van der Waals surface area (Å²) in [5.41, 5.74) is 5.47. The highest BCUT2D eigenvalue weighted by Crippen LogP contribution is 2.29. The van der Waals surface area contributed by atoms with Crippen LogP contribution in [0.5, 0.6) is 5.75 Å². The van der Waals surface area contributed by atoms with Crippen molar-refractivity contribution in [3.05, 3.63) is 65.2 Å². The molecular weight excluding hydrogens is 396 g/mol. The molecule has 0 bridgehead atoms. The predicted octanol–water partition coefficient (Wildman–Crippen LogP) is 3.88. The Morgan fingerprint density at radius 2 is 1.97 bits per heavy atom. The summed E-state index contributed by atoms with van der Waals surface area (Å²) in [6.45, 7) is 3.50. The lowest BCUT2D eigenvalue weighted by atomic mass is 10.00. The molecule has 0 atom stereocenters. The molecule has 1 aliphatic heterocycles. The molecule has 3 heterocycles. The van der Waals surface area contributed by atoms with E-state index in [4.69, 9.17) is 4.74 Å². The van der Waals surface area contributed by atoms with Crippen LogP contribution in [0.1, 0.15) is 16.7 Å². The van der Waals surface area contributed by atoms with Crippen molar-refractivity contribution in [3.8, 4) is 5.75 Å². The molecule has 0 spiro atoms. The van der Waals surface area contributed by atoms with Gasteiger partial charge in [-0.05, 0) is 48.2 Å². The number of methoxy groups -OCH3 is 1. The number of amides is 1. The number of thioether (sulfide) groups is 1. The first-order chi connectivity index (χ1) is 14.6. The van der Waals surface area contributed by atoms with Gasteiger partial charge in [-0.25, -0.2) is 0 Å². The fourth-order valence-corrected chi connectivity index (χ4v) is 4.90. The van der Waals surface area contributed by atoms with Crippen LogP contribution in [0.15, 0.2) is 53.7 Å². The summed E-state index contributed by atoms with van der Waals surface area (Å²) in [5.74, 6) is 1.24. The molecule has 0 radical (unpaired) electrons. The van der Waals surface area contributed by atoms with Gasteiger partial charge in [-0.2, -0.15) is 0 Å². The third-order valence-corrected chi connectivity index (χ3v) is 6.60. The van der Waals surface area contributed by atoms with E-state index in [1.807, 2.05) is 39.6 Å². The predicted molar refractivity (Wildman–Crippen MR) is 118 cm³/mol. The van der Waals surface area contributed by atoms with Gasteiger partial charge in [0.05, 0.1) is 18.4 Å². The number of carbonyl (C=O) groups excluding carboxylic acids is 1. The van der Waals surface area contributed by atoms with E-state index >= 15 is 0 Å². The molecule has 7 heteroatoms. The van der Waals surface area contributed by atoms with Crippen LogP contribution in [0, 0.1) is 6.92 Å². The van der Waals surface area contributed by atoms with Crippen molar-refractivity contribution in [2.45, 2.75) is 25.0 Å². The summed E-state index contributed by atoms with van der Waals surface area (Å²) in [6.07, 6.45) is 0.907. The molecule has 0 aliphatic carbocycles. The Balaban J connectivity index is 1.41. The molecule has 30 heavy (non-hydrogen) atoms. The molecule has 2 aromatic heterocycles. The summed E-state index contributed by atoms with van der Waals surface area (Å²) in [6, 6.07) is 16.4. The average Bonchev–Trinajstić information content (AvgIpc) is 3.19. The second-order valence-electron chi connectivity index (χ2n) is 7.51. The van der Waals surface area contributed by atoms with Crippen molar-refractivity contribution in [2.24, 2.45) is 0 Å². The zero-order valence-electron chi connectivity index (χ0n) is 17.0. The minimum Gasteiger partial charge on any atom is -0.497 e. The zero-order valence-corrected chi connectivity index (χ0v) is 17.8. The van der Waals surface area contributed by atoms with E-state index in [0.29, 0.717) is 17.5 Å². The molecule has 0 unspecified atom stereocenters. The van der Waals surface area contributed by atoms with Crippen LogP contribution in [0.2, 0.25) is 0 Å². The van der Waals surface area contributed by atoms with E-state index in [0.717, 1.165) is 40.8 Å². The van der Waals surface area contributed by atoms with Crippen LogP contribution in [-0.4, -0.2) is 44.8 Å². The minimum absolute atomic E-state index is 0.125. The molecule has 4 aromatic rings. The number of aryl methyl sites for hydroxylation is 1. The second-order valence-corrected chi connectivity index (χ2v) is 8.45. The molecule has 0 N–H and O–H groups in total. The van der Waals surface area contributed by atoms with Gasteiger partial charge in [-0.3, -0.25) is 9.20 Å².